The minimum absolute atomic E-state index is 0.196. The first-order valence-electron chi connectivity index (χ1n) is 11.7. The second kappa shape index (κ2) is 9.75. The van der Waals surface area contributed by atoms with Gasteiger partial charge in [0.1, 0.15) is 11.6 Å². The summed E-state index contributed by atoms with van der Waals surface area (Å²) in [5.74, 6) is 1.55. The van der Waals surface area contributed by atoms with Crippen molar-refractivity contribution in [3.8, 4) is 5.75 Å². The molecule has 3 aromatic rings. The Balaban J connectivity index is 1.18. The van der Waals surface area contributed by atoms with Crippen molar-refractivity contribution in [3.63, 3.8) is 0 Å². The van der Waals surface area contributed by atoms with Gasteiger partial charge in [0.05, 0.1) is 12.3 Å². The lowest BCUT2D eigenvalue weighted by Crippen LogP contribution is -2.47. The molecule has 33 heavy (non-hydrogen) atoms. The van der Waals surface area contributed by atoms with E-state index in [9.17, 15) is 4.39 Å². The van der Waals surface area contributed by atoms with E-state index in [0.717, 1.165) is 69.6 Å². The second-order valence-electron chi connectivity index (χ2n) is 8.63. The minimum atomic E-state index is -0.196. The van der Waals surface area contributed by atoms with Crippen LogP contribution in [0.25, 0.3) is 0 Å². The van der Waals surface area contributed by atoms with Gasteiger partial charge in [-0.15, -0.1) is 0 Å². The number of halogens is 1. The summed E-state index contributed by atoms with van der Waals surface area (Å²) in [6.45, 7) is 8.95. The normalized spacial score (nSPS) is 16.5. The Hall–Kier alpha value is -3.19. The highest BCUT2D eigenvalue weighted by Crippen LogP contribution is 2.23. The quantitative estimate of drug-likeness (QED) is 0.571. The summed E-state index contributed by atoms with van der Waals surface area (Å²) < 4.78 is 18.7. The number of rotatable bonds is 6. The van der Waals surface area contributed by atoms with Crippen molar-refractivity contribution in [2.75, 3.05) is 49.1 Å². The standard InChI is InChI=1S/C26H30FN5O/c1-2-33-24-9-3-20(4-10-24)18-30-12-11-25-21(19-30)17-28-26(29-25)32-15-13-31(14-16-32)23-7-5-22(27)6-8-23/h3-10,17H,2,11-16,18-19H2,1H3. The van der Waals surface area contributed by atoms with Crippen LogP contribution in [-0.2, 0) is 19.5 Å². The molecule has 1 fully saturated rings. The molecule has 2 aliphatic rings. The first-order chi connectivity index (χ1) is 16.2. The Morgan fingerprint density at radius 1 is 0.909 bits per heavy atom. The molecule has 0 amide bonds. The van der Waals surface area contributed by atoms with Crippen molar-refractivity contribution in [2.24, 2.45) is 0 Å². The van der Waals surface area contributed by atoms with Crippen molar-refractivity contribution in [1.82, 2.24) is 14.9 Å². The molecule has 5 rings (SSSR count). The lowest BCUT2D eigenvalue weighted by Gasteiger charge is -2.36. The van der Waals surface area contributed by atoms with Crippen molar-refractivity contribution < 1.29 is 9.13 Å². The molecule has 2 aromatic carbocycles. The van der Waals surface area contributed by atoms with E-state index >= 15 is 0 Å². The molecule has 2 aliphatic heterocycles. The van der Waals surface area contributed by atoms with Crippen LogP contribution in [0, 0.1) is 5.82 Å². The Labute approximate surface area is 194 Å². The van der Waals surface area contributed by atoms with E-state index in [1.807, 2.05) is 37.4 Å². The zero-order chi connectivity index (χ0) is 22.6. The maximum atomic E-state index is 13.2. The Morgan fingerprint density at radius 2 is 1.64 bits per heavy atom. The Kier molecular flexibility index (Phi) is 6.39. The van der Waals surface area contributed by atoms with Gasteiger partial charge in [-0.1, -0.05) is 12.1 Å². The van der Waals surface area contributed by atoms with E-state index in [-0.39, 0.29) is 5.82 Å². The Morgan fingerprint density at radius 3 is 2.36 bits per heavy atom. The van der Waals surface area contributed by atoms with Crippen LogP contribution in [0.1, 0.15) is 23.7 Å². The summed E-state index contributed by atoms with van der Waals surface area (Å²) in [5.41, 5.74) is 4.75. The Bertz CT molecular complexity index is 1070. The van der Waals surface area contributed by atoms with Crippen LogP contribution in [0.4, 0.5) is 16.0 Å². The molecule has 0 spiro atoms. The number of fused-ring (bicyclic) bond motifs is 1. The van der Waals surface area contributed by atoms with Crippen LogP contribution in [0.2, 0.25) is 0 Å². The molecule has 0 radical (unpaired) electrons. The largest absolute Gasteiger partial charge is 0.494 e. The summed E-state index contributed by atoms with van der Waals surface area (Å²) in [7, 11) is 0. The lowest BCUT2D eigenvalue weighted by atomic mass is 10.1. The summed E-state index contributed by atoms with van der Waals surface area (Å²) in [4.78, 5) is 16.6. The van der Waals surface area contributed by atoms with E-state index < -0.39 is 0 Å². The third-order valence-electron chi connectivity index (χ3n) is 6.40. The number of hydrogen-bond acceptors (Lipinski definition) is 6. The molecule has 7 heteroatoms. The number of hydrogen-bond donors (Lipinski definition) is 0. The topological polar surface area (TPSA) is 44.7 Å². The van der Waals surface area contributed by atoms with Gasteiger partial charge < -0.3 is 14.5 Å². The van der Waals surface area contributed by atoms with Gasteiger partial charge in [0.15, 0.2) is 0 Å². The second-order valence-corrected chi connectivity index (χ2v) is 8.63. The monoisotopic (exact) mass is 447 g/mol. The van der Waals surface area contributed by atoms with Crippen molar-refractivity contribution in [1.29, 1.82) is 0 Å². The fourth-order valence-electron chi connectivity index (χ4n) is 4.58. The van der Waals surface area contributed by atoms with E-state index in [4.69, 9.17) is 14.7 Å². The van der Waals surface area contributed by atoms with Gasteiger partial charge in [0.2, 0.25) is 5.95 Å². The predicted molar refractivity (Wildman–Crippen MR) is 128 cm³/mol. The molecule has 1 aromatic heterocycles. The van der Waals surface area contributed by atoms with Crippen LogP contribution < -0.4 is 14.5 Å². The van der Waals surface area contributed by atoms with Gasteiger partial charge >= 0.3 is 0 Å². The van der Waals surface area contributed by atoms with Crippen LogP contribution >= 0.6 is 0 Å². The molecule has 0 saturated carbocycles. The van der Waals surface area contributed by atoms with Crippen LogP contribution in [0.5, 0.6) is 5.75 Å². The number of nitrogens with zero attached hydrogens (tertiary/aromatic N) is 5. The molecule has 0 aliphatic carbocycles. The van der Waals surface area contributed by atoms with Crippen LogP contribution in [0.3, 0.4) is 0 Å². The van der Waals surface area contributed by atoms with E-state index in [1.54, 1.807) is 0 Å². The van der Waals surface area contributed by atoms with Crippen molar-refractivity contribution >= 4 is 11.6 Å². The van der Waals surface area contributed by atoms with Gasteiger partial charge in [-0.2, -0.15) is 0 Å². The van der Waals surface area contributed by atoms with Crippen molar-refractivity contribution in [3.05, 3.63) is 77.4 Å². The van der Waals surface area contributed by atoms with Crippen molar-refractivity contribution in [2.45, 2.75) is 26.4 Å². The van der Waals surface area contributed by atoms with Crippen LogP contribution in [0.15, 0.2) is 54.7 Å². The molecule has 3 heterocycles. The molecule has 0 unspecified atom stereocenters. The summed E-state index contributed by atoms with van der Waals surface area (Å²) in [5, 5.41) is 0. The highest BCUT2D eigenvalue weighted by atomic mass is 19.1. The van der Waals surface area contributed by atoms with Crippen LogP contribution in [-0.4, -0.2) is 54.2 Å². The molecule has 172 valence electrons. The highest BCUT2D eigenvalue weighted by Gasteiger charge is 2.23. The van der Waals surface area contributed by atoms with Gasteiger partial charge in [-0.3, -0.25) is 4.90 Å². The first kappa shape index (κ1) is 21.6. The molecule has 0 bridgehead atoms. The van der Waals surface area contributed by atoms with Gasteiger partial charge in [0.25, 0.3) is 0 Å². The highest BCUT2D eigenvalue weighted by molar-refractivity contribution is 5.48. The number of aromatic nitrogens is 2. The molecular formula is C26H30FN5O. The SMILES string of the molecule is CCOc1ccc(CN2CCc3nc(N4CCN(c5ccc(F)cc5)CC4)ncc3C2)cc1. The zero-order valence-corrected chi connectivity index (χ0v) is 19.1. The third-order valence-corrected chi connectivity index (χ3v) is 6.40. The maximum absolute atomic E-state index is 13.2. The van der Waals surface area contributed by atoms with Gasteiger partial charge in [0, 0.05) is 69.7 Å². The average molecular weight is 448 g/mol. The number of piperazine rings is 1. The molecule has 0 N–H and O–H groups in total. The third kappa shape index (κ3) is 5.09. The maximum Gasteiger partial charge on any atom is 0.225 e. The molecule has 1 saturated heterocycles. The minimum Gasteiger partial charge on any atom is -0.494 e. The molecule has 6 nitrogen and oxygen atoms in total. The molecule has 0 atom stereocenters. The fraction of sp³-hybridized carbons (Fsp3) is 0.385. The fourth-order valence-corrected chi connectivity index (χ4v) is 4.58. The summed E-state index contributed by atoms with van der Waals surface area (Å²) in [6.07, 6.45) is 2.95. The summed E-state index contributed by atoms with van der Waals surface area (Å²) >= 11 is 0. The number of anilines is 2. The first-order valence-corrected chi connectivity index (χ1v) is 11.7. The van der Waals surface area contributed by atoms with Gasteiger partial charge in [-0.25, -0.2) is 14.4 Å². The molecular weight excluding hydrogens is 417 g/mol. The number of benzene rings is 2. The van der Waals surface area contributed by atoms with Gasteiger partial charge in [-0.05, 0) is 48.9 Å². The van der Waals surface area contributed by atoms with E-state index in [2.05, 4.69) is 26.8 Å². The van der Waals surface area contributed by atoms with E-state index in [0.29, 0.717) is 6.61 Å². The predicted octanol–water partition coefficient (Wildman–Crippen LogP) is 3.90. The smallest absolute Gasteiger partial charge is 0.225 e. The van der Waals surface area contributed by atoms with E-state index in [1.165, 1.54) is 29.0 Å². The lowest BCUT2D eigenvalue weighted by molar-refractivity contribution is 0.242. The summed E-state index contributed by atoms with van der Waals surface area (Å²) in [6, 6.07) is 15.1. The number of ether oxygens (including phenoxy) is 1. The zero-order valence-electron chi connectivity index (χ0n) is 19.1. The average Bonchev–Trinajstić information content (AvgIpc) is 2.86.